The van der Waals surface area contributed by atoms with Gasteiger partial charge in [0.2, 0.25) is 11.7 Å². The van der Waals surface area contributed by atoms with Crippen LogP contribution < -0.4 is 0 Å². The van der Waals surface area contributed by atoms with Gasteiger partial charge in [-0.15, -0.1) is 0 Å². The highest BCUT2D eigenvalue weighted by atomic mass is 19.4. The van der Waals surface area contributed by atoms with E-state index < -0.39 is 17.3 Å². The molecular formula is C17H20F3N3O3. The molecule has 1 fully saturated rings. The average molecular weight is 371 g/mol. The molecule has 1 aromatic heterocycles. The van der Waals surface area contributed by atoms with Crippen molar-refractivity contribution in [2.45, 2.75) is 31.1 Å². The van der Waals surface area contributed by atoms with Gasteiger partial charge in [0.1, 0.15) is 0 Å². The van der Waals surface area contributed by atoms with Gasteiger partial charge in [-0.3, -0.25) is 4.90 Å². The summed E-state index contributed by atoms with van der Waals surface area (Å²) in [6.07, 6.45) is -2.99. The predicted octanol–water partition coefficient (Wildman–Crippen LogP) is 2.73. The fourth-order valence-corrected chi connectivity index (χ4v) is 3.03. The van der Waals surface area contributed by atoms with E-state index in [-0.39, 0.29) is 12.4 Å². The number of alkyl halides is 3. The lowest BCUT2D eigenvalue weighted by Gasteiger charge is -2.42. The second-order valence-corrected chi connectivity index (χ2v) is 6.44. The van der Waals surface area contributed by atoms with E-state index >= 15 is 0 Å². The van der Waals surface area contributed by atoms with Crippen molar-refractivity contribution in [3.63, 3.8) is 0 Å². The zero-order valence-corrected chi connectivity index (χ0v) is 14.3. The number of rotatable bonds is 5. The molecule has 26 heavy (non-hydrogen) atoms. The SMILES string of the molecule is CN(Cc1nc(-c2ccc(C(F)(F)F)cc2)no1)C1(CO)CCOCC1. The second-order valence-electron chi connectivity index (χ2n) is 6.44. The quantitative estimate of drug-likeness (QED) is 0.871. The maximum Gasteiger partial charge on any atom is 0.416 e. The number of ether oxygens (including phenoxy) is 1. The molecule has 0 amide bonds. The lowest BCUT2D eigenvalue weighted by Crippen LogP contribution is -2.52. The van der Waals surface area contributed by atoms with E-state index in [1.807, 2.05) is 11.9 Å². The topological polar surface area (TPSA) is 71.6 Å². The van der Waals surface area contributed by atoms with Gasteiger partial charge in [0.15, 0.2) is 0 Å². The summed E-state index contributed by atoms with van der Waals surface area (Å²) >= 11 is 0. The van der Waals surface area contributed by atoms with Gasteiger partial charge in [-0.1, -0.05) is 17.3 Å². The van der Waals surface area contributed by atoms with Gasteiger partial charge >= 0.3 is 6.18 Å². The van der Waals surface area contributed by atoms with E-state index in [9.17, 15) is 18.3 Å². The minimum Gasteiger partial charge on any atom is -0.394 e. The minimum absolute atomic E-state index is 0.00718. The van der Waals surface area contributed by atoms with Gasteiger partial charge in [-0.2, -0.15) is 18.2 Å². The van der Waals surface area contributed by atoms with Crippen LogP contribution in [0.5, 0.6) is 0 Å². The summed E-state index contributed by atoms with van der Waals surface area (Å²) in [5.41, 5.74) is -0.686. The molecule has 6 nitrogen and oxygen atoms in total. The fraction of sp³-hybridized carbons (Fsp3) is 0.529. The molecule has 0 radical (unpaired) electrons. The third kappa shape index (κ3) is 3.89. The molecule has 2 aromatic rings. The van der Waals surface area contributed by atoms with E-state index in [4.69, 9.17) is 9.26 Å². The van der Waals surface area contributed by atoms with Gasteiger partial charge < -0.3 is 14.4 Å². The van der Waals surface area contributed by atoms with Gasteiger partial charge in [-0.25, -0.2) is 0 Å². The molecule has 142 valence electrons. The number of aliphatic hydroxyl groups is 1. The van der Waals surface area contributed by atoms with Crippen LogP contribution >= 0.6 is 0 Å². The first-order valence-corrected chi connectivity index (χ1v) is 8.24. The predicted molar refractivity (Wildman–Crippen MR) is 86.1 cm³/mol. The maximum atomic E-state index is 12.6. The Morgan fingerprint density at radius 2 is 1.85 bits per heavy atom. The van der Waals surface area contributed by atoms with Crippen molar-refractivity contribution in [3.8, 4) is 11.4 Å². The maximum absolute atomic E-state index is 12.6. The summed E-state index contributed by atoms with van der Waals surface area (Å²) < 4.78 is 48.5. The number of hydrogen-bond acceptors (Lipinski definition) is 6. The van der Waals surface area contributed by atoms with E-state index in [0.717, 1.165) is 12.1 Å². The molecule has 1 saturated heterocycles. The van der Waals surface area contributed by atoms with Crippen LogP contribution in [0.3, 0.4) is 0 Å². The smallest absolute Gasteiger partial charge is 0.394 e. The fourth-order valence-electron chi connectivity index (χ4n) is 3.03. The monoisotopic (exact) mass is 371 g/mol. The molecule has 0 unspecified atom stereocenters. The third-order valence-corrected chi connectivity index (χ3v) is 4.84. The van der Waals surface area contributed by atoms with Gasteiger partial charge in [0.25, 0.3) is 0 Å². The summed E-state index contributed by atoms with van der Waals surface area (Å²) in [5.74, 6) is 0.564. The van der Waals surface area contributed by atoms with Crippen LogP contribution in [0.2, 0.25) is 0 Å². The molecular weight excluding hydrogens is 351 g/mol. The van der Waals surface area contributed by atoms with Crippen LogP contribution in [0.4, 0.5) is 13.2 Å². The standard InChI is InChI=1S/C17H20F3N3O3/c1-23(16(11-24)6-8-25-9-7-16)10-14-21-15(22-26-14)12-2-4-13(5-3-12)17(18,19)20/h2-5,24H,6-11H2,1H3. The summed E-state index contributed by atoms with van der Waals surface area (Å²) in [6, 6.07) is 4.60. The van der Waals surface area contributed by atoms with Crippen molar-refractivity contribution in [1.82, 2.24) is 15.0 Å². The number of halogens is 3. The third-order valence-electron chi connectivity index (χ3n) is 4.84. The average Bonchev–Trinajstić information content (AvgIpc) is 3.10. The molecule has 0 bridgehead atoms. The Morgan fingerprint density at radius 3 is 2.42 bits per heavy atom. The van der Waals surface area contributed by atoms with Gasteiger partial charge in [0, 0.05) is 24.3 Å². The minimum atomic E-state index is -4.38. The van der Waals surface area contributed by atoms with Gasteiger partial charge in [0.05, 0.1) is 18.7 Å². The summed E-state index contributed by atoms with van der Waals surface area (Å²) in [7, 11) is 1.86. The largest absolute Gasteiger partial charge is 0.416 e. The molecule has 2 heterocycles. The Kier molecular flexibility index (Phi) is 5.31. The zero-order chi connectivity index (χ0) is 18.8. The number of likely N-dealkylation sites (N-methyl/N-ethyl adjacent to an activating group) is 1. The highest BCUT2D eigenvalue weighted by Gasteiger charge is 2.36. The van der Waals surface area contributed by atoms with Crippen LogP contribution in [-0.2, 0) is 17.5 Å². The van der Waals surface area contributed by atoms with Crippen molar-refractivity contribution in [3.05, 3.63) is 35.7 Å². The van der Waals surface area contributed by atoms with Crippen molar-refractivity contribution in [2.75, 3.05) is 26.9 Å². The Labute approximate surface area is 148 Å². The molecule has 1 aliphatic rings. The van der Waals surface area contributed by atoms with E-state index in [2.05, 4.69) is 10.1 Å². The first-order chi connectivity index (χ1) is 12.3. The normalized spacial score (nSPS) is 17.6. The number of hydrogen-bond donors (Lipinski definition) is 1. The molecule has 0 atom stereocenters. The van der Waals surface area contributed by atoms with Gasteiger partial charge in [-0.05, 0) is 32.0 Å². The Hall–Kier alpha value is -1.97. The Morgan fingerprint density at radius 1 is 1.19 bits per heavy atom. The van der Waals surface area contributed by atoms with Crippen molar-refractivity contribution >= 4 is 0 Å². The summed E-state index contributed by atoms with van der Waals surface area (Å²) in [4.78, 5) is 6.22. The summed E-state index contributed by atoms with van der Waals surface area (Å²) in [5, 5.41) is 13.7. The van der Waals surface area contributed by atoms with Crippen molar-refractivity contribution in [2.24, 2.45) is 0 Å². The Balaban J connectivity index is 1.71. The van der Waals surface area contributed by atoms with Crippen LogP contribution in [0.1, 0.15) is 24.3 Å². The molecule has 0 saturated carbocycles. The first kappa shape index (κ1) is 18.8. The molecule has 3 rings (SSSR count). The number of benzene rings is 1. The van der Waals surface area contributed by atoms with Crippen molar-refractivity contribution < 1.29 is 27.5 Å². The summed E-state index contributed by atoms with van der Waals surface area (Å²) in [6.45, 7) is 1.47. The highest BCUT2D eigenvalue weighted by molar-refractivity contribution is 5.54. The molecule has 1 aliphatic heterocycles. The van der Waals surface area contributed by atoms with E-state index in [1.54, 1.807) is 0 Å². The molecule has 0 aliphatic carbocycles. The molecule has 1 aromatic carbocycles. The second kappa shape index (κ2) is 7.34. The van der Waals surface area contributed by atoms with E-state index in [0.29, 0.717) is 44.1 Å². The zero-order valence-electron chi connectivity index (χ0n) is 14.3. The number of aromatic nitrogens is 2. The van der Waals surface area contributed by atoms with Crippen molar-refractivity contribution in [1.29, 1.82) is 0 Å². The van der Waals surface area contributed by atoms with Crippen LogP contribution in [0, 0.1) is 0 Å². The molecule has 0 spiro atoms. The number of aliphatic hydroxyl groups excluding tert-OH is 1. The first-order valence-electron chi connectivity index (χ1n) is 8.24. The Bertz CT molecular complexity index is 725. The lowest BCUT2D eigenvalue weighted by atomic mass is 9.89. The molecule has 1 N–H and O–H groups in total. The van der Waals surface area contributed by atoms with E-state index in [1.165, 1.54) is 12.1 Å². The highest BCUT2D eigenvalue weighted by Crippen LogP contribution is 2.31. The number of nitrogens with zero attached hydrogens (tertiary/aromatic N) is 3. The van der Waals surface area contributed by atoms with Crippen LogP contribution in [-0.4, -0.2) is 52.6 Å². The van der Waals surface area contributed by atoms with Crippen LogP contribution in [0.15, 0.2) is 28.8 Å². The molecule has 9 heteroatoms. The lowest BCUT2D eigenvalue weighted by molar-refractivity contribution is -0.137. The van der Waals surface area contributed by atoms with Crippen LogP contribution in [0.25, 0.3) is 11.4 Å².